The molecule has 0 heterocycles. The van der Waals surface area contributed by atoms with Crippen molar-refractivity contribution in [1.29, 1.82) is 0 Å². The molecule has 0 saturated heterocycles. The molecule has 17 heavy (non-hydrogen) atoms. The first kappa shape index (κ1) is 17.0. The van der Waals surface area contributed by atoms with E-state index in [0.717, 1.165) is 24.2 Å². The molecule has 0 rings (SSSR count). The molecule has 0 aromatic rings. The topological polar surface area (TPSA) is 20.2 Å². The Bertz CT molecular complexity index is 138. The van der Waals surface area contributed by atoms with E-state index in [9.17, 15) is 0 Å². The van der Waals surface area contributed by atoms with E-state index in [4.69, 9.17) is 5.11 Å². The van der Waals surface area contributed by atoms with Crippen molar-refractivity contribution in [1.82, 2.24) is 0 Å². The molecule has 0 spiro atoms. The highest BCUT2D eigenvalue weighted by atomic mass is 16.2. The lowest BCUT2D eigenvalue weighted by molar-refractivity contribution is 0.260. The number of hydrogen-bond donors (Lipinski definition) is 1. The van der Waals surface area contributed by atoms with E-state index in [1.165, 1.54) is 44.9 Å². The SMILES string of the molecule is CC(C)CCCC(CCCO)CCCC(C)C. The zero-order valence-electron chi connectivity index (χ0n) is 12.5. The highest BCUT2D eigenvalue weighted by Crippen LogP contribution is 2.23. The molecule has 0 aliphatic rings. The summed E-state index contributed by atoms with van der Waals surface area (Å²) in [5.74, 6) is 2.54. The molecular formula is C16H34O. The first-order chi connectivity index (χ1) is 8.06. The summed E-state index contributed by atoms with van der Waals surface area (Å²) < 4.78 is 0. The lowest BCUT2D eigenvalue weighted by atomic mass is 9.89. The second kappa shape index (κ2) is 11.1. The van der Waals surface area contributed by atoms with Gasteiger partial charge in [0, 0.05) is 6.61 Å². The summed E-state index contributed by atoms with van der Waals surface area (Å²) in [4.78, 5) is 0. The van der Waals surface area contributed by atoms with Crippen molar-refractivity contribution >= 4 is 0 Å². The van der Waals surface area contributed by atoms with Gasteiger partial charge in [-0.2, -0.15) is 0 Å². The lowest BCUT2D eigenvalue weighted by Gasteiger charge is -2.17. The van der Waals surface area contributed by atoms with Crippen LogP contribution in [0.5, 0.6) is 0 Å². The van der Waals surface area contributed by atoms with Crippen LogP contribution in [0.2, 0.25) is 0 Å². The average Bonchev–Trinajstić information content (AvgIpc) is 2.24. The van der Waals surface area contributed by atoms with Crippen molar-refractivity contribution in [2.24, 2.45) is 17.8 Å². The van der Waals surface area contributed by atoms with Gasteiger partial charge < -0.3 is 5.11 Å². The number of rotatable bonds is 11. The smallest absolute Gasteiger partial charge is 0.0431 e. The molecular weight excluding hydrogens is 208 g/mol. The van der Waals surface area contributed by atoms with E-state index in [1.807, 2.05) is 0 Å². The Kier molecular flexibility index (Phi) is 11.0. The maximum atomic E-state index is 8.94. The Balaban J connectivity index is 3.71. The summed E-state index contributed by atoms with van der Waals surface area (Å²) >= 11 is 0. The van der Waals surface area contributed by atoms with Crippen LogP contribution in [0.15, 0.2) is 0 Å². The summed E-state index contributed by atoms with van der Waals surface area (Å²) in [6.45, 7) is 9.59. The molecule has 0 atom stereocenters. The molecule has 1 N–H and O–H groups in total. The maximum absolute atomic E-state index is 8.94. The molecule has 0 radical (unpaired) electrons. The van der Waals surface area contributed by atoms with E-state index in [-0.39, 0.29) is 0 Å². The zero-order chi connectivity index (χ0) is 13.1. The predicted octanol–water partition coefficient (Wildman–Crippen LogP) is 5.03. The molecule has 104 valence electrons. The molecule has 0 amide bonds. The summed E-state index contributed by atoms with van der Waals surface area (Å²) in [6.07, 6.45) is 10.4. The van der Waals surface area contributed by atoms with Gasteiger partial charge in [0.2, 0.25) is 0 Å². The monoisotopic (exact) mass is 242 g/mol. The number of hydrogen-bond acceptors (Lipinski definition) is 1. The van der Waals surface area contributed by atoms with Crippen molar-refractivity contribution in [3.8, 4) is 0 Å². The second-order valence-electron chi connectivity index (χ2n) is 6.38. The third-order valence-corrected chi connectivity index (χ3v) is 3.56. The fraction of sp³-hybridized carbons (Fsp3) is 1.00. The molecule has 1 heteroatoms. The zero-order valence-corrected chi connectivity index (χ0v) is 12.5. The fourth-order valence-electron chi connectivity index (χ4n) is 2.44. The minimum atomic E-state index is 0.366. The molecule has 0 aliphatic heterocycles. The number of aliphatic hydroxyl groups excluding tert-OH is 1. The van der Waals surface area contributed by atoms with E-state index in [1.54, 1.807) is 0 Å². The van der Waals surface area contributed by atoms with Crippen LogP contribution in [0.1, 0.15) is 79.1 Å². The Hall–Kier alpha value is -0.0400. The standard InChI is InChI=1S/C16H34O/c1-14(2)8-5-10-16(12-7-13-17)11-6-9-15(3)4/h14-17H,5-13H2,1-4H3. The largest absolute Gasteiger partial charge is 0.396 e. The van der Waals surface area contributed by atoms with Crippen LogP contribution in [0.3, 0.4) is 0 Å². The van der Waals surface area contributed by atoms with E-state index >= 15 is 0 Å². The molecule has 0 aromatic carbocycles. The van der Waals surface area contributed by atoms with E-state index < -0.39 is 0 Å². The van der Waals surface area contributed by atoms with Crippen molar-refractivity contribution in [3.63, 3.8) is 0 Å². The van der Waals surface area contributed by atoms with Crippen LogP contribution in [-0.2, 0) is 0 Å². The quantitative estimate of drug-likeness (QED) is 0.539. The molecule has 0 unspecified atom stereocenters. The summed E-state index contributed by atoms with van der Waals surface area (Å²) in [6, 6.07) is 0. The molecule has 0 saturated carbocycles. The van der Waals surface area contributed by atoms with Crippen LogP contribution in [0, 0.1) is 17.8 Å². The molecule has 0 fully saturated rings. The second-order valence-corrected chi connectivity index (χ2v) is 6.38. The highest BCUT2D eigenvalue weighted by Gasteiger charge is 2.09. The molecule has 0 aromatic heterocycles. The molecule has 0 bridgehead atoms. The van der Waals surface area contributed by atoms with Gasteiger partial charge in [-0.05, 0) is 30.6 Å². The van der Waals surface area contributed by atoms with Gasteiger partial charge in [-0.1, -0.05) is 66.2 Å². The molecule has 0 aliphatic carbocycles. The van der Waals surface area contributed by atoms with Gasteiger partial charge in [0.05, 0.1) is 0 Å². The van der Waals surface area contributed by atoms with Crippen molar-refractivity contribution in [2.75, 3.05) is 6.61 Å². The van der Waals surface area contributed by atoms with Crippen molar-refractivity contribution in [2.45, 2.75) is 79.1 Å². The Morgan fingerprint density at radius 2 is 1.06 bits per heavy atom. The Labute approximate surface area is 109 Å². The minimum Gasteiger partial charge on any atom is -0.396 e. The van der Waals surface area contributed by atoms with Gasteiger partial charge in [-0.3, -0.25) is 0 Å². The average molecular weight is 242 g/mol. The van der Waals surface area contributed by atoms with Gasteiger partial charge in [-0.15, -0.1) is 0 Å². The van der Waals surface area contributed by atoms with Crippen molar-refractivity contribution < 1.29 is 5.11 Å². The van der Waals surface area contributed by atoms with Gasteiger partial charge in [-0.25, -0.2) is 0 Å². The Morgan fingerprint density at radius 1 is 0.647 bits per heavy atom. The summed E-state index contributed by atoms with van der Waals surface area (Å²) in [5.41, 5.74) is 0. The third-order valence-electron chi connectivity index (χ3n) is 3.56. The minimum absolute atomic E-state index is 0.366. The first-order valence-electron chi connectivity index (χ1n) is 7.67. The normalized spacial score (nSPS) is 12.0. The van der Waals surface area contributed by atoms with E-state index in [2.05, 4.69) is 27.7 Å². The van der Waals surface area contributed by atoms with Crippen molar-refractivity contribution in [3.05, 3.63) is 0 Å². The predicted molar refractivity (Wildman–Crippen MR) is 77.2 cm³/mol. The highest BCUT2D eigenvalue weighted by molar-refractivity contribution is 4.62. The maximum Gasteiger partial charge on any atom is 0.0431 e. The van der Waals surface area contributed by atoms with Gasteiger partial charge in [0.25, 0.3) is 0 Å². The van der Waals surface area contributed by atoms with Gasteiger partial charge in [0.1, 0.15) is 0 Å². The summed E-state index contributed by atoms with van der Waals surface area (Å²) in [7, 11) is 0. The van der Waals surface area contributed by atoms with Crippen LogP contribution >= 0.6 is 0 Å². The lowest BCUT2D eigenvalue weighted by Crippen LogP contribution is -2.04. The van der Waals surface area contributed by atoms with E-state index in [0.29, 0.717) is 6.61 Å². The van der Waals surface area contributed by atoms with Crippen LogP contribution < -0.4 is 0 Å². The summed E-state index contributed by atoms with van der Waals surface area (Å²) in [5, 5.41) is 8.94. The first-order valence-corrected chi connectivity index (χ1v) is 7.67. The van der Waals surface area contributed by atoms with Crippen LogP contribution in [0.4, 0.5) is 0 Å². The van der Waals surface area contributed by atoms with Gasteiger partial charge in [0.15, 0.2) is 0 Å². The number of aliphatic hydroxyl groups is 1. The van der Waals surface area contributed by atoms with Crippen LogP contribution in [-0.4, -0.2) is 11.7 Å². The third kappa shape index (κ3) is 12.2. The fourth-order valence-corrected chi connectivity index (χ4v) is 2.44. The van der Waals surface area contributed by atoms with Gasteiger partial charge >= 0.3 is 0 Å². The Morgan fingerprint density at radius 3 is 1.41 bits per heavy atom. The van der Waals surface area contributed by atoms with Crippen LogP contribution in [0.25, 0.3) is 0 Å². The molecule has 1 nitrogen and oxygen atoms in total.